The molecule has 8 heteroatoms. The fourth-order valence-corrected chi connectivity index (χ4v) is 2.39. The molecule has 1 aromatic rings. The fraction of sp³-hybridized carbons (Fsp3) is 0.409. The van der Waals surface area contributed by atoms with Gasteiger partial charge in [0.05, 0.1) is 19.8 Å². The molecule has 8 nitrogen and oxygen atoms in total. The van der Waals surface area contributed by atoms with Crippen LogP contribution >= 0.6 is 0 Å². The van der Waals surface area contributed by atoms with E-state index in [-0.39, 0.29) is 18.8 Å². The summed E-state index contributed by atoms with van der Waals surface area (Å²) in [4.78, 5) is 25.1. The second-order valence-corrected chi connectivity index (χ2v) is 5.95. The molecule has 0 spiro atoms. The summed E-state index contributed by atoms with van der Waals surface area (Å²) in [5.41, 5.74) is 1.56. The Morgan fingerprint density at radius 3 is 2.40 bits per heavy atom. The van der Waals surface area contributed by atoms with E-state index in [4.69, 9.17) is 18.9 Å². The third-order valence-corrected chi connectivity index (χ3v) is 3.96. The molecule has 0 unspecified atom stereocenters. The molecule has 0 aliphatic rings. The lowest BCUT2D eigenvalue weighted by molar-refractivity contribution is -0.146. The molecular weight excluding hydrogens is 388 g/mol. The van der Waals surface area contributed by atoms with E-state index in [1.54, 1.807) is 7.11 Å². The van der Waals surface area contributed by atoms with Gasteiger partial charge in [0.25, 0.3) is 0 Å². The largest absolute Gasteiger partial charge is 0.459 e. The second-order valence-electron chi connectivity index (χ2n) is 5.95. The molecule has 0 amide bonds. The van der Waals surface area contributed by atoms with Crippen LogP contribution in [0.5, 0.6) is 0 Å². The zero-order chi connectivity index (χ0) is 22.2. The molecule has 0 saturated heterocycles. The van der Waals surface area contributed by atoms with E-state index in [1.165, 1.54) is 6.08 Å². The summed E-state index contributed by atoms with van der Waals surface area (Å²) in [5.74, 6) is -1.38. The van der Waals surface area contributed by atoms with Gasteiger partial charge in [-0.1, -0.05) is 18.7 Å². The number of methoxy groups -OCH3 is 1. The average molecular weight is 416 g/mol. The Labute approximate surface area is 177 Å². The molecule has 0 aromatic heterocycles. The van der Waals surface area contributed by atoms with Gasteiger partial charge in [0, 0.05) is 32.0 Å². The summed E-state index contributed by atoms with van der Waals surface area (Å²) >= 11 is 0. The topological polar surface area (TPSA) is 98.1 Å². The molecule has 162 valence electrons. The van der Waals surface area contributed by atoms with Crippen LogP contribution in [-0.4, -0.2) is 65.2 Å². The molecule has 0 fully saturated rings. The van der Waals surface area contributed by atoms with E-state index < -0.39 is 11.9 Å². The maximum absolute atomic E-state index is 12.0. The zero-order valence-electron chi connectivity index (χ0n) is 17.5. The first-order valence-corrected chi connectivity index (χ1v) is 9.55. The minimum atomic E-state index is -0.778. The summed E-state index contributed by atoms with van der Waals surface area (Å²) in [7, 11) is 1.63. The predicted molar refractivity (Wildman–Crippen MR) is 113 cm³/mol. The number of anilines is 1. The number of nitrogens with zero attached hydrogens (tertiary/aromatic N) is 2. The van der Waals surface area contributed by atoms with E-state index in [2.05, 4.69) is 18.4 Å². The quantitative estimate of drug-likeness (QED) is 0.197. The minimum Gasteiger partial charge on any atom is -0.459 e. The van der Waals surface area contributed by atoms with Crippen molar-refractivity contribution >= 4 is 23.7 Å². The number of carbonyl (C=O) groups excluding carboxylic acids is 2. The van der Waals surface area contributed by atoms with Crippen LogP contribution in [0.15, 0.2) is 42.5 Å². The SMILES string of the molecule is C=CC(=O)OCCOC(=O)/C(C#N)=C/c1ccc(N(CC)CCOCCOC)cc1. The van der Waals surface area contributed by atoms with Crippen LogP contribution < -0.4 is 4.90 Å². The van der Waals surface area contributed by atoms with Crippen molar-refractivity contribution in [2.24, 2.45) is 0 Å². The number of likely N-dealkylation sites (N-methyl/N-ethyl adjacent to an activating group) is 1. The van der Waals surface area contributed by atoms with Gasteiger partial charge in [-0.3, -0.25) is 0 Å². The molecule has 0 saturated carbocycles. The zero-order valence-corrected chi connectivity index (χ0v) is 17.5. The van der Waals surface area contributed by atoms with E-state index in [9.17, 15) is 14.9 Å². The van der Waals surface area contributed by atoms with Crippen molar-refractivity contribution in [1.82, 2.24) is 0 Å². The van der Waals surface area contributed by atoms with Crippen LogP contribution in [-0.2, 0) is 28.5 Å². The van der Waals surface area contributed by atoms with Gasteiger partial charge in [-0.05, 0) is 30.7 Å². The average Bonchev–Trinajstić information content (AvgIpc) is 2.77. The fourth-order valence-electron chi connectivity index (χ4n) is 2.39. The molecule has 0 atom stereocenters. The normalized spacial score (nSPS) is 10.8. The summed E-state index contributed by atoms with van der Waals surface area (Å²) in [6.07, 6.45) is 2.46. The van der Waals surface area contributed by atoms with Crippen molar-refractivity contribution in [3.63, 3.8) is 0 Å². The van der Waals surface area contributed by atoms with Gasteiger partial charge in [-0.15, -0.1) is 0 Å². The molecule has 0 bridgehead atoms. The smallest absolute Gasteiger partial charge is 0.349 e. The van der Waals surface area contributed by atoms with Crippen molar-refractivity contribution in [3.8, 4) is 6.07 Å². The molecule has 1 aromatic carbocycles. The highest BCUT2D eigenvalue weighted by atomic mass is 16.6. The minimum absolute atomic E-state index is 0.105. The van der Waals surface area contributed by atoms with Gasteiger partial charge in [0.1, 0.15) is 24.9 Å². The van der Waals surface area contributed by atoms with Gasteiger partial charge < -0.3 is 23.8 Å². The number of rotatable bonds is 14. The number of benzene rings is 1. The van der Waals surface area contributed by atoms with Crippen molar-refractivity contribution in [3.05, 3.63) is 48.1 Å². The maximum Gasteiger partial charge on any atom is 0.349 e. The Hall–Kier alpha value is -3.15. The third-order valence-electron chi connectivity index (χ3n) is 3.96. The summed E-state index contributed by atoms with van der Waals surface area (Å²) in [6.45, 7) is 8.33. The Morgan fingerprint density at radius 2 is 1.80 bits per heavy atom. The first kappa shape index (κ1) is 24.9. The maximum atomic E-state index is 12.0. The summed E-state index contributed by atoms with van der Waals surface area (Å²) < 4.78 is 20.1. The van der Waals surface area contributed by atoms with Crippen LogP contribution in [0.1, 0.15) is 12.5 Å². The standard InChI is InChI=1S/C22H28N2O6/c1-4-21(25)29-14-15-30-22(26)19(17-23)16-18-6-8-20(9-7-18)24(5-2)10-11-28-13-12-27-3/h4,6-9,16H,1,5,10-15H2,2-3H3/b19-16+. The third kappa shape index (κ3) is 9.37. The highest BCUT2D eigenvalue weighted by Gasteiger charge is 2.11. The van der Waals surface area contributed by atoms with Gasteiger partial charge in [-0.25, -0.2) is 9.59 Å². The van der Waals surface area contributed by atoms with Gasteiger partial charge in [-0.2, -0.15) is 5.26 Å². The molecule has 0 aliphatic carbocycles. The Bertz CT molecular complexity index is 752. The molecule has 30 heavy (non-hydrogen) atoms. The Balaban J connectivity index is 2.62. The van der Waals surface area contributed by atoms with Crippen LogP contribution in [0.4, 0.5) is 5.69 Å². The first-order chi connectivity index (χ1) is 14.5. The number of hydrogen-bond donors (Lipinski definition) is 0. The van der Waals surface area contributed by atoms with Crippen LogP contribution in [0.3, 0.4) is 0 Å². The summed E-state index contributed by atoms with van der Waals surface area (Å²) in [5, 5.41) is 9.23. The van der Waals surface area contributed by atoms with Gasteiger partial charge in [0.15, 0.2) is 0 Å². The molecule has 0 heterocycles. The number of hydrogen-bond acceptors (Lipinski definition) is 8. The lowest BCUT2D eigenvalue weighted by atomic mass is 10.1. The molecule has 0 N–H and O–H groups in total. The van der Waals surface area contributed by atoms with Gasteiger partial charge in [0.2, 0.25) is 0 Å². The van der Waals surface area contributed by atoms with E-state index >= 15 is 0 Å². The highest BCUT2D eigenvalue weighted by Crippen LogP contribution is 2.17. The number of nitriles is 1. The van der Waals surface area contributed by atoms with Crippen LogP contribution in [0.2, 0.25) is 0 Å². The van der Waals surface area contributed by atoms with Crippen molar-refractivity contribution in [2.75, 3.05) is 58.1 Å². The van der Waals surface area contributed by atoms with Gasteiger partial charge >= 0.3 is 11.9 Å². The summed E-state index contributed by atoms with van der Waals surface area (Å²) in [6, 6.07) is 9.30. The number of carbonyl (C=O) groups is 2. The lowest BCUT2D eigenvalue weighted by Crippen LogP contribution is -2.27. The van der Waals surface area contributed by atoms with E-state index in [0.717, 1.165) is 24.9 Å². The molecule has 0 aliphatic heterocycles. The lowest BCUT2D eigenvalue weighted by Gasteiger charge is -2.23. The molecule has 0 radical (unpaired) electrons. The highest BCUT2D eigenvalue weighted by molar-refractivity contribution is 5.97. The first-order valence-electron chi connectivity index (χ1n) is 9.55. The molecular formula is C22H28N2O6. The second kappa shape index (κ2) is 14.8. The predicted octanol–water partition coefficient (Wildman–Crippen LogP) is 2.36. The number of esters is 2. The molecule has 1 rings (SSSR count). The van der Waals surface area contributed by atoms with Crippen LogP contribution in [0, 0.1) is 11.3 Å². The van der Waals surface area contributed by atoms with E-state index in [1.807, 2.05) is 30.3 Å². The van der Waals surface area contributed by atoms with Crippen LogP contribution in [0.25, 0.3) is 6.08 Å². The van der Waals surface area contributed by atoms with Crippen molar-refractivity contribution in [1.29, 1.82) is 5.26 Å². The van der Waals surface area contributed by atoms with Crippen molar-refractivity contribution < 1.29 is 28.5 Å². The Kier molecular flexibility index (Phi) is 12.3. The van der Waals surface area contributed by atoms with Crippen molar-refractivity contribution in [2.45, 2.75) is 6.92 Å². The number of ether oxygens (including phenoxy) is 4. The Morgan fingerprint density at radius 1 is 1.10 bits per heavy atom. The van der Waals surface area contributed by atoms with E-state index in [0.29, 0.717) is 25.4 Å². The monoisotopic (exact) mass is 416 g/mol.